The van der Waals surface area contributed by atoms with Crippen molar-refractivity contribution in [1.82, 2.24) is 0 Å². The van der Waals surface area contributed by atoms with E-state index in [0.29, 0.717) is 11.1 Å². The van der Waals surface area contributed by atoms with E-state index in [2.05, 4.69) is 6.07 Å². The number of fused-ring (bicyclic) bond motifs is 1. The average molecular weight is 235 g/mol. The number of carbonyl (C=O) groups is 1. The molecule has 0 aromatic heterocycles. The van der Waals surface area contributed by atoms with Gasteiger partial charge >= 0.3 is 5.97 Å². The lowest BCUT2D eigenvalue weighted by atomic mass is 9.99. The Morgan fingerprint density at radius 2 is 1.78 bits per heavy atom. The SMILES string of the molecule is N#Cc1ccc([C@@H]2OC(=O)c3ccccc32)cc1. The summed E-state index contributed by atoms with van der Waals surface area (Å²) in [7, 11) is 0. The third-order valence-corrected chi connectivity index (χ3v) is 3.03. The molecule has 3 rings (SSSR count). The molecule has 1 aliphatic rings. The number of rotatable bonds is 1. The first kappa shape index (κ1) is 10.5. The van der Waals surface area contributed by atoms with E-state index >= 15 is 0 Å². The molecule has 3 heteroatoms. The van der Waals surface area contributed by atoms with Gasteiger partial charge in [-0.2, -0.15) is 5.26 Å². The quantitative estimate of drug-likeness (QED) is 0.714. The van der Waals surface area contributed by atoms with Crippen molar-refractivity contribution >= 4 is 5.97 Å². The first-order valence-corrected chi connectivity index (χ1v) is 5.59. The van der Waals surface area contributed by atoms with Crippen molar-refractivity contribution in [2.75, 3.05) is 0 Å². The molecule has 0 bridgehead atoms. The van der Waals surface area contributed by atoms with Crippen molar-refractivity contribution in [2.24, 2.45) is 0 Å². The molecule has 86 valence electrons. The normalized spacial score (nSPS) is 16.8. The Hall–Kier alpha value is -2.60. The second kappa shape index (κ2) is 4.01. The van der Waals surface area contributed by atoms with Crippen LogP contribution in [-0.2, 0) is 4.74 Å². The Morgan fingerprint density at radius 3 is 2.50 bits per heavy atom. The van der Waals surface area contributed by atoms with Crippen LogP contribution in [-0.4, -0.2) is 5.97 Å². The molecule has 0 spiro atoms. The van der Waals surface area contributed by atoms with Gasteiger partial charge in [-0.05, 0) is 23.8 Å². The first-order chi connectivity index (χ1) is 8.79. The summed E-state index contributed by atoms with van der Waals surface area (Å²) < 4.78 is 5.37. The number of nitrogens with zero attached hydrogens (tertiary/aromatic N) is 1. The second-order valence-corrected chi connectivity index (χ2v) is 4.11. The van der Waals surface area contributed by atoms with E-state index in [4.69, 9.17) is 10.00 Å². The summed E-state index contributed by atoms with van der Waals surface area (Å²) in [6, 6.07) is 16.5. The molecule has 0 saturated carbocycles. The number of hydrogen-bond donors (Lipinski definition) is 0. The Balaban J connectivity index is 2.04. The highest BCUT2D eigenvalue weighted by Gasteiger charge is 2.31. The van der Waals surface area contributed by atoms with Crippen LogP contribution in [0.2, 0.25) is 0 Å². The molecule has 18 heavy (non-hydrogen) atoms. The van der Waals surface area contributed by atoms with E-state index in [1.165, 1.54) is 0 Å². The van der Waals surface area contributed by atoms with Gasteiger partial charge in [-0.15, -0.1) is 0 Å². The van der Waals surface area contributed by atoms with Crippen LogP contribution in [0.4, 0.5) is 0 Å². The summed E-state index contributed by atoms with van der Waals surface area (Å²) >= 11 is 0. The van der Waals surface area contributed by atoms with Crippen LogP contribution in [0.25, 0.3) is 0 Å². The number of cyclic esters (lactones) is 1. The van der Waals surface area contributed by atoms with Gasteiger partial charge in [0.2, 0.25) is 0 Å². The molecule has 1 aliphatic heterocycles. The average Bonchev–Trinajstić information content (AvgIpc) is 2.77. The molecule has 0 aliphatic carbocycles. The monoisotopic (exact) mass is 235 g/mol. The Bertz CT molecular complexity index is 653. The lowest BCUT2D eigenvalue weighted by Crippen LogP contribution is -2.00. The zero-order chi connectivity index (χ0) is 12.5. The molecule has 0 amide bonds. The van der Waals surface area contributed by atoms with E-state index in [-0.39, 0.29) is 12.1 Å². The van der Waals surface area contributed by atoms with Crippen molar-refractivity contribution in [1.29, 1.82) is 5.26 Å². The molecule has 0 saturated heterocycles. The smallest absolute Gasteiger partial charge is 0.339 e. The van der Waals surface area contributed by atoms with Crippen LogP contribution in [0.15, 0.2) is 48.5 Å². The summed E-state index contributed by atoms with van der Waals surface area (Å²) in [6.07, 6.45) is -0.360. The second-order valence-electron chi connectivity index (χ2n) is 4.11. The number of nitriles is 1. The maximum Gasteiger partial charge on any atom is 0.339 e. The van der Waals surface area contributed by atoms with Crippen LogP contribution < -0.4 is 0 Å². The summed E-state index contributed by atoms with van der Waals surface area (Å²) in [5.74, 6) is -0.292. The zero-order valence-electron chi connectivity index (χ0n) is 9.46. The van der Waals surface area contributed by atoms with Crippen molar-refractivity contribution in [3.63, 3.8) is 0 Å². The van der Waals surface area contributed by atoms with Gasteiger partial charge in [0.1, 0.15) is 0 Å². The van der Waals surface area contributed by atoms with Gasteiger partial charge in [-0.1, -0.05) is 30.3 Å². The number of esters is 1. The minimum atomic E-state index is -0.360. The fourth-order valence-electron chi connectivity index (χ4n) is 2.13. The zero-order valence-corrected chi connectivity index (χ0v) is 9.46. The highest BCUT2D eigenvalue weighted by molar-refractivity contribution is 5.94. The minimum Gasteiger partial charge on any atom is -0.449 e. The molecule has 3 nitrogen and oxygen atoms in total. The highest BCUT2D eigenvalue weighted by atomic mass is 16.5. The number of carbonyl (C=O) groups excluding carboxylic acids is 1. The van der Waals surface area contributed by atoms with Crippen molar-refractivity contribution in [3.8, 4) is 6.07 Å². The summed E-state index contributed by atoms with van der Waals surface area (Å²) in [4.78, 5) is 11.7. The summed E-state index contributed by atoms with van der Waals surface area (Å²) in [5, 5.41) is 8.76. The molecule has 0 N–H and O–H groups in total. The van der Waals surface area contributed by atoms with Gasteiger partial charge in [0.15, 0.2) is 6.10 Å². The molecule has 0 unspecified atom stereocenters. The number of benzene rings is 2. The van der Waals surface area contributed by atoms with E-state index in [0.717, 1.165) is 11.1 Å². The lowest BCUT2D eigenvalue weighted by Gasteiger charge is -2.10. The van der Waals surface area contributed by atoms with E-state index in [1.54, 1.807) is 18.2 Å². The van der Waals surface area contributed by atoms with E-state index < -0.39 is 0 Å². The standard InChI is InChI=1S/C15H9NO2/c16-9-10-5-7-11(8-6-10)14-12-3-1-2-4-13(12)15(17)18-14/h1-8,14H/t14-/m0/s1. The molecule has 2 aromatic carbocycles. The Morgan fingerprint density at radius 1 is 1.06 bits per heavy atom. The van der Waals surface area contributed by atoms with Gasteiger partial charge in [0, 0.05) is 5.56 Å². The van der Waals surface area contributed by atoms with Crippen LogP contribution in [0.3, 0.4) is 0 Å². The third kappa shape index (κ3) is 1.56. The van der Waals surface area contributed by atoms with Crippen molar-refractivity contribution < 1.29 is 9.53 Å². The minimum absolute atomic E-state index is 0.292. The van der Waals surface area contributed by atoms with Crippen LogP contribution in [0, 0.1) is 11.3 Å². The lowest BCUT2D eigenvalue weighted by molar-refractivity contribution is 0.0456. The maximum atomic E-state index is 11.7. The third-order valence-electron chi connectivity index (χ3n) is 3.03. The molecular formula is C15H9NO2. The van der Waals surface area contributed by atoms with Crippen LogP contribution in [0.1, 0.15) is 33.2 Å². The van der Waals surface area contributed by atoms with Crippen LogP contribution in [0.5, 0.6) is 0 Å². The molecule has 0 radical (unpaired) electrons. The highest BCUT2D eigenvalue weighted by Crippen LogP contribution is 2.35. The number of hydrogen-bond acceptors (Lipinski definition) is 3. The van der Waals surface area contributed by atoms with E-state index in [9.17, 15) is 4.79 Å². The fraction of sp³-hybridized carbons (Fsp3) is 0.0667. The molecule has 0 fully saturated rings. The summed E-state index contributed by atoms with van der Waals surface area (Å²) in [6.45, 7) is 0. The van der Waals surface area contributed by atoms with Gasteiger partial charge in [-0.25, -0.2) is 4.79 Å². The van der Waals surface area contributed by atoms with Gasteiger partial charge < -0.3 is 4.74 Å². The molecule has 2 aromatic rings. The largest absolute Gasteiger partial charge is 0.449 e. The van der Waals surface area contributed by atoms with Crippen LogP contribution >= 0.6 is 0 Å². The van der Waals surface area contributed by atoms with Gasteiger partial charge in [0.05, 0.1) is 17.2 Å². The summed E-state index contributed by atoms with van der Waals surface area (Å²) in [5.41, 5.74) is 2.97. The topological polar surface area (TPSA) is 50.1 Å². The number of ether oxygens (including phenoxy) is 1. The predicted molar refractivity (Wildman–Crippen MR) is 64.9 cm³/mol. The predicted octanol–water partition coefficient (Wildman–Crippen LogP) is 2.82. The molecule has 1 atom stereocenters. The van der Waals surface area contributed by atoms with Gasteiger partial charge in [-0.3, -0.25) is 0 Å². The van der Waals surface area contributed by atoms with Crippen molar-refractivity contribution in [3.05, 3.63) is 70.8 Å². The van der Waals surface area contributed by atoms with Gasteiger partial charge in [0.25, 0.3) is 0 Å². The molecular weight excluding hydrogens is 226 g/mol. The Kier molecular flexibility index (Phi) is 2.35. The first-order valence-electron chi connectivity index (χ1n) is 5.59. The fourth-order valence-corrected chi connectivity index (χ4v) is 2.13. The van der Waals surface area contributed by atoms with E-state index in [1.807, 2.05) is 30.3 Å². The maximum absolute atomic E-state index is 11.7. The van der Waals surface area contributed by atoms with Crippen molar-refractivity contribution in [2.45, 2.75) is 6.10 Å². The molecule has 1 heterocycles. The Labute approximate surface area is 104 Å².